The van der Waals surface area contributed by atoms with E-state index >= 15 is 0 Å². The molecule has 3 rings (SSSR count). The van der Waals surface area contributed by atoms with E-state index in [2.05, 4.69) is 4.98 Å². The molecule has 0 aliphatic rings. The summed E-state index contributed by atoms with van der Waals surface area (Å²) in [5.74, 6) is -0.840. The van der Waals surface area contributed by atoms with Crippen LogP contribution in [0, 0.1) is 0 Å². The molecule has 0 aliphatic heterocycles. The van der Waals surface area contributed by atoms with Crippen LogP contribution in [0.25, 0.3) is 10.8 Å². The van der Waals surface area contributed by atoms with Crippen LogP contribution in [0.15, 0.2) is 41.7 Å². The normalized spacial score (nSPS) is 11.3. The van der Waals surface area contributed by atoms with Gasteiger partial charge in [0.15, 0.2) is 0 Å². The number of nitrogens with zero attached hydrogens (tertiary/aromatic N) is 1. The number of rotatable bonds is 8. The Morgan fingerprint density at radius 3 is 2.76 bits per heavy atom. The van der Waals surface area contributed by atoms with Crippen LogP contribution in [0.5, 0.6) is 0 Å². The van der Waals surface area contributed by atoms with E-state index in [0.29, 0.717) is 31.4 Å². The van der Waals surface area contributed by atoms with Crippen LogP contribution < -0.4 is 0 Å². The molecule has 1 aromatic carbocycles. The van der Waals surface area contributed by atoms with Crippen LogP contribution in [0.3, 0.4) is 0 Å². The molecule has 0 amide bonds. The number of hydrogen-bond acceptors (Lipinski definition) is 4. The molecule has 0 radical (unpaired) electrons. The van der Waals surface area contributed by atoms with Crippen LogP contribution in [-0.2, 0) is 24.2 Å². The summed E-state index contributed by atoms with van der Waals surface area (Å²) in [5.41, 5.74) is 2.79. The minimum atomic E-state index is -0.840. The van der Waals surface area contributed by atoms with Crippen LogP contribution in [0.2, 0.25) is 0 Å². The summed E-state index contributed by atoms with van der Waals surface area (Å²) in [7, 11) is 0. The molecule has 6 nitrogen and oxygen atoms in total. The second kappa shape index (κ2) is 7.77. The second-order valence-corrected chi connectivity index (χ2v) is 6.45. The molecule has 0 bridgehead atoms. The number of carboxylic acids is 1. The largest absolute Gasteiger partial charge is 0.481 e. The molecule has 2 aromatic heterocycles. The van der Waals surface area contributed by atoms with Gasteiger partial charge in [0.2, 0.25) is 0 Å². The summed E-state index contributed by atoms with van der Waals surface area (Å²) in [6.07, 6.45) is 4.75. The highest BCUT2D eigenvalue weighted by Gasteiger charge is 2.15. The molecular formula is C18H20N2O4S. The number of aliphatic hydroxyl groups is 1. The van der Waals surface area contributed by atoms with E-state index < -0.39 is 5.97 Å². The summed E-state index contributed by atoms with van der Waals surface area (Å²) >= 11 is 0.713. The number of nitrogens with one attached hydrogen (secondary N) is 1. The number of H-pyrrole nitrogens is 1. The molecule has 0 aliphatic carbocycles. The fourth-order valence-electron chi connectivity index (χ4n) is 3.15. The van der Waals surface area contributed by atoms with Crippen molar-refractivity contribution >= 4 is 28.8 Å². The Hall–Kier alpha value is -2.22. The van der Waals surface area contributed by atoms with Crippen LogP contribution >= 0.6 is 12.0 Å². The Kier molecular flexibility index (Phi) is 5.47. The number of benzene rings is 1. The Bertz CT molecular complexity index is 884. The highest BCUT2D eigenvalue weighted by Crippen LogP contribution is 2.29. The van der Waals surface area contributed by atoms with Gasteiger partial charge in [0.1, 0.15) is 5.03 Å². The molecule has 2 heterocycles. The highest BCUT2D eigenvalue weighted by atomic mass is 32.2. The predicted octanol–water partition coefficient (Wildman–Crippen LogP) is 3.13. The average molecular weight is 360 g/mol. The van der Waals surface area contributed by atoms with E-state index in [9.17, 15) is 14.5 Å². The minimum Gasteiger partial charge on any atom is -0.481 e. The Balaban J connectivity index is 1.93. The fourth-order valence-corrected chi connectivity index (χ4v) is 3.65. The lowest BCUT2D eigenvalue weighted by Crippen LogP contribution is -2.06. The monoisotopic (exact) mass is 360 g/mol. The molecular weight excluding hydrogens is 340 g/mol. The number of aromatic nitrogens is 2. The summed E-state index contributed by atoms with van der Waals surface area (Å²) in [5, 5.41) is 21.0. The first kappa shape index (κ1) is 17.6. The number of aromatic amines is 1. The zero-order valence-corrected chi connectivity index (χ0v) is 14.4. The lowest BCUT2D eigenvalue weighted by Gasteiger charge is -2.09. The van der Waals surface area contributed by atoms with Gasteiger partial charge in [-0.15, -0.1) is 0 Å². The average Bonchev–Trinajstić information content (AvgIpc) is 3.14. The topological polar surface area (TPSA) is 98.5 Å². The van der Waals surface area contributed by atoms with Gasteiger partial charge in [0.05, 0.1) is 6.54 Å². The zero-order valence-electron chi connectivity index (χ0n) is 13.6. The highest BCUT2D eigenvalue weighted by molar-refractivity contribution is 7.93. The first-order valence-electron chi connectivity index (χ1n) is 8.04. The number of aliphatic hydroxyl groups excluding tert-OH is 1. The second-order valence-electron chi connectivity index (χ2n) is 5.88. The van der Waals surface area contributed by atoms with E-state index in [1.807, 2.05) is 41.2 Å². The smallest absolute Gasteiger partial charge is 0.303 e. The number of fused-ring (bicyclic) bond motifs is 1. The van der Waals surface area contributed by atoms with Crippen molar-refractivity contribution in [3.8, 4) is 0 Å². The maximum absolute atomic E-state index is 10.8. The van der Waals surface area contributed by atoms with Crippen molar-refractivity contribution in [2.75, 3.05) is 6.61 Å². The third-order valence-electron chi connectivity index (χ3n) is 4.30. The third-order valence-corrected chi connectivity index (χ3v) is 4.93. The summed E-state index contributed by atoms with van der Waals surface area (Å²) in [4.78, 5) is 14.0. The van der Waals surface area contributed by atoms with Crippen molar-refractivity contribution in [2.45, 2.75) is 30.8 Å². The van der Waals surface area contributed by atoms with Gasteiger partial charge < -0.3 is 24.3 Å². The summed E-state index contributed by atoms with van der Waals surface area (Å²) in [6.45, 7) is 0.514. The van der Waals surface area contributed by atoms with Gasteiger partial charge in [-0.2, -0.15) is 0 Å². The fraction of sp³-hybridized carbons (Fsp3) is 0.278. The molecule has 0 spiro atoms. The van der Waals surface area contributed by atoms with E-state index in [1.165, 1.54) is 0 Å². The Morgan fingerprint density at radius 2 is 2.04 bits per heavy atom. The van der Waals surface area contributed by atoms with Crippen molar-refractivity contribution in [3.63, 3.8) is 0 Å². The predicted molar refractivity (Wildman–Crippen MR) is 97.1 cm³/mol. The van der Waals surface area contributed by atoms with Crippen LogP contribution in [0.1, 0.15) is 23.2 Å². The van der Waals surface area contributed by atoms with E-state index in [0.717, 1.165) is 32.6 Å². The third kappa shape index (κ3) is 3.73. The Morgan fingerprint density at radius 1 is 1.24 bits per heavy atom. The molecule has 7 heteroatoms. The number of carboxylic acid groups (broad SMARTS) is 1. The van der Waals surface area contributed by atoms with Gasteiger partial charge >= 0.3 is 5.97 Å². The molecule has 0 atom stereocenters. The lowest BCUT2D eigenvalue weighted by molar-refractivity contribution is -0.136. The van der Waals surface area contributed by atoms with Gasteiger partial charge in [-0.3, -0.25) is 4.79 Å². The summed E-state index contributed by atoms with van der Waals surface area (Å²) < 4.78 is 11.6. The van der Waals surface area contributed by atoms with Crippen molar-refractivity contribution in [1.29, 1.82) is 0 Å². The van der Waals surface area contributed by atoms with E-state index in [-0.39, 0.29) is 13.0 Å². The molecule has 0 saturated carbocycles. The number of aliphatic carboxylic acids is 1. The quantitative estimate of drug-likeness (QED) is 0.463. The number of aryl methyl sites for hydroxylation is 1. The minimum absolute atomic E-state index is 0.000185. The summed E-state index contributed by atoms with van der Waals surface area (Å²) in [6, 6.07) is 7.84. The van der Waals surface area contributed by atoms with Crippen molar-refractivity contribution in [1.82, 2.24) is 9.55 Å². The molecule has 0 saturated heterocycles. The van der Waals surface area contributed by atoms with Gasteiger partial charge in [0, 0.05) is 53.9 Å². The van der Waals surface area contributed by atoms with E-state index in [1.54, 1.807) is 0 Å². The zero-order chi connectivity index (χ0) is 17.8. The molecule has 0 fully saturated rings. The molecule has 132 valence electrons. The molecule has 25 heavy (non-hydrogen) atoms. The first-order chi connectivity index (χ1) is 12.1. The van der Waals surface area contributed by atoms with Gasteiger partial charge in [0.25, 0.3) is 0 Å². The molecule has 0 unspecified atom stereocenters. The standard InChI is InChI=1S/C18H20N2O4S/c21-8-7-14-12(5-6-17(22)23)9-19-16(14)11-20-10-13-3-1-2-4-15(13)18(20)25-24/h1-4,9-10,19,21,24H,5-8,11H2,(H,22,23). The first-order valence-corrected chi connectivity index (χ1v) is 8.81. The van der Waals surface area contributed by atoms with Crippen molar-refractivity contribution in [2.24, 2.45) is 0 Å². The van der Waals surface area contributed by atoms with Gasteiger partial charge in [-0.1, -0.05) is 24.3 Å². The van der Waals surface area contributed by atoms with Crippen LogP contribution in [0.4, 0.5) is 0 Å². The van der Waals surface area contributed by atoms with E-state index in [4.69, 9.17) is 5.11 Å². The molecule has 4 N–H and O–H groups in total. The Labute approximate surface area is 149 Å². The van der Waals surface area contributed by atoms with Crippen LogP contribution in [-0.4, -0.2) is 36.9 Å². The maximum atomic E-state index is 10.8. The maximum Gasteiger partial charge on any atom is 0.303 e. The van der Waals surface area contributed by atoms with Gasteiger partial charge in [-0.05, 0) is 24.0 Å². The van der Waals surface area contributed by atoms with Crippen molar-refractivity contribution < 1.29 is 19.6 Å². The molecule has 3 aromatic rings. The lowest BCUT2D eigenvalue weighted by atomic mass is 10.0. The number of hydrogen-bond donors (Lipinski definition) is 4. The van der Waals surface area contributed by atoms with Crippen molar-refractivity contribution in [3.05, 3.63) is 53.5 Å². The van der Waals surface area contributed by atoms with Gasteiger partial charge in [-0.25, -0.2) is 0 Å². The number of carbonyl (C=O) groups is 1. The SMILES string of the molecule is O=C(O)CCc1c[nH]c(Cn2cc3ccccc3c2SO)c1CCO.